The number of halogens is 1. The first kappa shape index (κ1) is 13.2. The smallest absolute Gasteiger partial charge is 0.0914 e. The van der Waals surface area contributed by atoms with Gasteiger partial charge < -0.3 is 10.4 Å². The van der Waals surface area contributed by atoms with Gasteiger partial charge in [-0.05, 0) is 29.3 Å². The monoisotopic (exact) mass is 306 g/mol. The third-order valence-electron chi connectivity index (χ3n) is 2.64. The Labute approximate surface area is 115 Å². The van der Waals surface area contributed by atoms with E-state index in [9.17, 15) is 5.11 Å². The Morgan fingerprint density at radius 1 is 1.22 bits per heavy atom. The summed E-state index contributed by atoms with van der Waals surface area (Å²) >= 11 is 3.37. The summed E-state index contributed by atoms with van der Waals surface area (Å²) in [5, 5.41) is 13.2. The van der Waals surface area contributed by atoms with Gasteiger partial charge in [0.15, 0.2) is 0 Å². The second kappa shape index (κ2) is 6.64. The van der Waals surface area contributed by atoms with Crippen molar-refractivity contribution in [3.63, 3.8) is 0 Å². The van der Waals surface area contributed by atoms with Crippen LogP contribution in [0, 0.1) is 0 Å². The molecule has 0 radical (unpaired) electrons. The highest BCUT2D eigenvalue weighted by molar-refractivity contribution is 9.10. The van der Waals surface area contributed by atoms with Crippen LogP contribution in [0.3, 0.4) is 0 Å². The van der Waals surface area contributed by atoms with Crippen molar-refractivity contribution in [2.24, 2.45) is 0 Å². The summed E-state index contributed by atoms with van der Waals surface area (Å²) in [7, 11) is 0. The van der Waals surface area contributed by atoms with Crippen molar-refractivity contribution in [3.05, 3.63) is 64.4 Å². The zero-order chi connectivity index (χ0) is 12.8. The zero-order valence-electron chi connectivity index (χ0n) is 9.88. The first-order valence-corrected chi connectivity index (χ1v) is 6.58. The fourth-order valence-electron chi connectivity index (χ4n) is 1.66. The van der Waals surface area contributed by atoms with Crippen molar-refractivity contribution in [1.29, 1.82) is 0 Å². The van der Waals surface area contributed by atoms with Gasteiger partial charge in [-0.3, -0.25) is 4.98 Å². The minimum absolute atomic E-state index is 0.491. The van der Waals surface area contributed by atoms with Crippen LogP contribution in [0.15, 0.2) is 53.3 Å². The molecule has 1 aromatic carbocycles. The molecule has 3 nitrogen and oxygen atoms in total. The van der Waals surface area contributed by atoms with Crippen LogP contribution in [0.1, 0.15) is 17.2 Å². The maximum absolute atomic E-state index is 10.00. The third-order valence-corrected chi connectivity index (χ3v) is 3.17. The van der Waals surface area contributed by atoms with E-state index < -0.39 is 6.10 Å². The molecule has 18 heavy (non-hydrogen) atoms. The maximum Gasteiger partial charge on any atom is 0.0914 e. The second-order valence-corrected chi connectivity index (χ2v) is 4.98. The quantitative estimate of drug-likeness (QED) is 0.892. The lowest BCUT2D eigenvalue weighted by atomic mass is 10.1. The lowest BCUT2D eigenvalue weighted by molar-refractivity contribution is 0.174. The van der Waals surface area contributed by atoms with E-state index in [1.807, 2.05) is 42.6 Å². The minimum Gasteiger partial charge on any atom is -0.387 e. The molecule has 0 aliphatic carbocycles. The number of aliphatic hydroxyl groups excluding tert-OH is 1. The van der Waals surface area contributed by atoms with Crippen LogP contribution in [-0.2, 0) is 6.54 Å². The minimum atomic E-state index is -0.491. The number of hydrogen-bond donors (Lipinski definition) is 2. The summed E-state index contributed by atoms with van der Waals surface area (Å²) in [6.45, 7) is 1.23. The van der Waals surface area contributed by atoms with E-state index in [1.54, 1.807) is 6.20 Å². The van der Waals surface area contributed by atoms with Crippen molar-refractivity contribution in [1.82, 2.24) is 10.3 Å². The summed E-state index contributed by atoms with van der Waals surface area (Å²) in [5.74, 6) is 0. The van der Waals surface area contributed by atoms with Gasteiger partial charge in [0, 0.05) is 30.0 Å². The lowest BCUT2D eigenvalue weighted by Gasteiger charge is -2.12. The van der Waals surface area contributed by atoms with Gasteiger partial charge in [-0.1, -0.05) is 34.1 Å². The summed E-state index contributed by atoms with van der Waals surface area (Å²) < 4.78 is 1.02. The number of aromatic nitrogens is 1. The number of nitrogens with zero attached hydrogens (tertiary/aromatic N) is 1. The van der Waals surface area contributed by atoms with E-state index in [4.69, 9.17) is 0 Å². The van der Waals surface area contributed by atoms with Crippen LogP contribution < -0.4 is 5.32 Å². The molecular weight excluding hydrogens is 292 g/mol. The molecule has 4 heteroatoms. The van der Waals surface area contributed by atoms with E-state index in [0.29, 0.717) is 13.1 Å². The average Bonchev–Trinajstić information content (AvgIpc) is 2.40. The Morgan fingerprint density at radius 2 is 2.00 bits per heavy atom. The molecule has 0 aliphatic rings. The molecule has 2 aromatic rings. The van der Waals surface area contributed by atoms with E-state index in [0.717, 1.165) is 15.6 Å². The first-order valence-electron chi connectivity index (χ1n) is 5.79. The average molecular weight is 307 g/mol. The van der Waals surface area contributed by atoms with Crippen molar-refractivity contribution in [2.45, 2.75) is 12.6 Å². The van der Waals surface area contributed by atoms with Gasteiger partial charge in [0.25, 0.3) is 0 Å². The first-order chi connectivity index (χ1) is 8.75. The number of benzene rings is 1. The fraction of sp³-hybridized carbons (Fsp3) is 0.214. The number of pyridine rings is 1. The Morgan fingerprint density at radius 3 is 2.67 bits per heavy atom. The van der Waals surface area contributed by atoms with Crippen LogP contribution in [0.2, 0.25) is 0 Å². The van der Waals surface area contributed by atoms with Gasteiger partial charge in [-0.15, -0.1) is 0 Å². The van der Waals surface area contributed by atoms with E-state index in [-0.39, 0.29) is 0 Å². The molecule has 2 N–H and O–H groups in total. The molecular formula is C14H15BrN2O. The predicted molar refractivity (Wildman–Crippen MR) is 75.0 cm³/mol. The molecule has 0 fully saturated rings. The van der Waals surface area contributed by atoms with Gasteiger partial charge in [-0.2, -0.15) is 0 Å². The normalized spacial score (nSPS) is 12.3. The Balaban J connectivity index is 1.81. The second-order valence-electron chi connectivity index (χ2n) is 4.06. The van der Waals surface area contributed by atoms with Gasteiger partial charge in [0.2, 0.25) is 0 Å². The summed E-state index contributed by atoms with van der Waals surface area (Å²) in [6.07, 6.45) is 3.08. The standard InChI is InChI=1S/C14H15BrN2O/c15-13-5-3-12(4-6-13)14(18)10-17-9-11-2-1-7-16-8-11/h1-8,14,17-18H,9-10H2. The van der Waals surface area contributed by atoms with Gasteiger partial charge >= 0.3 is 0 Å². The van der Waals surface area contributed by atoms with E-state index >= 15 is 0 Å². The molecule has 1 atom stereocenters. The summed E-state index contributed by atoms with van der Waals surface area (Å²) in [5.41, 5.74) is 2.03. The molecule has 2 rings (SSSR count). The van der Waals surface area contributed by atoms with Crippen molar-refractivity contribution >= 4 is 15.9 Å². The Bertz CT molecular complexity index is 473. The van der Waals surface area contributed by atoms with Gasteiger partial charge in [0.1, 0.15) is 0 Å². The van der Waals surface area contributed by atoms with Crippen LogP contribution >= 0.6 is 15.9 Å². The number of aliphatic hydroxyl groups is 1. The third kappa shape index (κ3) is 3.91. The van der Waals surface area contributed by atoms with E-state index in [2.05, 4.69) is 26.2 Å². The molecule has 0 bridgehead atoms. The molecule has 0 aliphatic heterocycles. The highest BCUT2D eigenvalue weighted by Gasteiger charge is 2.06. The van der Waals surface area contributed by atoms with Crippen LogP contribution in [0.25, 0.3) is 0 Å². The van der Waals surface area contributed by atoms with Crippen molar-refractivity contribution in [2.75, 3.05) is 6.54 Å². The molecule has 94 valence electrons. The highest BCUT2D eigenvalue weighted by atomic mass is 79.9. The number of rotatable bonds is 5. The Kier molecular flexibility index (Phi) is 4.87. The molecule has 1 aromatic heterocycles. The predicted octanol–water partition coefficient (Wildman–Crippen LogP) is 2.67. The number of nitrogens with one attached hydrogen (secondary N) is 1. The van der Waals surface area contributed by atoms with E-state index in [1.165, 1.54) is 0 Å². The summed E-state index contributed by atoms with van der Waals surface area (Å²) in [4.78, 5) is 4.04. The van der Waals surface area contributed by atoms with Crippen LogP contribution in [0.4, 0.5) is 0 Å². The van der Waals surface area contributed by atoms with Crippen molar-refractivity contribution < 1.29 is 5.11 Å². The fourth-order valence-corrected chi connectivity index (χ4v) is 1.92. The highest BCUT2D eigenvalue weighted by Crippen LogP contribution is 2.16. The van der Waals surface area contributed by atoms with Crippen LogP contribution in [0.5, 0.6) is 0 Å². The zero-order valence-corrected chi connectivity index (χ0v) is 11.5. The largest absolute Gasteiger partial charge is 0.387 e. The van der Waals surface area contributed by atoms with Crippen molar-refractivity contribution in [3.8, 4) is 0 Å². The molecule has 0 spiro atoms. The van der Waals surface area contributed by atoms with Gasteiger partial charge in [-0.25, -0.2) is 0 Å². The molecule has 0 saturated heterocycles. The molecule has 1 heterocycles. The topological polar surface area (TPSA) is 45.1 Å². The van der Waals surface area contributed by atoms with Crippen LogP contribution in [-0.4, -0.2) is 16.6 Å². The molecule has 1 unspecified atom stereocenters. The number of hydrogen-bond acceptors (Lipinski definition) is 3. The van der Waals surface area contributed by atoms with Gasteiger partial charge in [0.05, 0.1) is 6.10 Å². The molecule has 0 saturated carbocycles. The lowest BCUT2D eigenvalue weighted by Crippen LogP contribution is -2.21. The summed E-state index contributed by atoms with van der Waals surface area (Å²) in [6, 6.07) is 11.6. The Hall–Kier alpha value is -1.23. The maximum atomic E-state index is 10.00. The molecule has 0 amide bonds. The SMILES string of the molecule is OC(CNCc1cccnc1)c1ccc(Br)cc1.